The fraction of sp³-hybridized carbons (Fsp3) is 0.167. The number of halogens is 2. The normalized spacial score (nSPS) is 17.9. The molecule has 3 heterocycles. The Morgan fingerprint density at radius 3 is 2.38 bits per heavy atom. The Kier molecular flexibility index (Phi) is 5.64. The van der Waals surface area contributed by atoms with Gasteiger partial charge in [-0.25, -0.2) is 8.78 Å². The van der Waals surface area contributed by atoms with Crippen LogP contribution in [0.25, 0.3) is 15.9 Å². The number of para-hydroxylation sites is 1. The highest BCUT2D eigenvalue weighted by Gasteiger charge is 2.35. The molecular weight excluding hydrogens is 464 g/mol. The lowest BCUT2D eigenvalue weighted by atomic mass is 10.2. The number of β-amino-alcohol motifs (C(OH)–C–C–N with tert-alkyl or cyclic N) is 2. The maximum atomic E-state index is 14.5. The summed E-state index contributed by atoms with van der Waals surface area (Å²) in [6.45, 7) is -0.131. The minimum atomic E-state index is -1.08. The lowest BCUT2D eigenvalue weighted by molar-refractivity contribution is 0.0572. The summed E-state index contributed by atoms with van der Waals surface area (Å²) in [5.41, 5.74) is 0.473. The fourth-order valence-electron chi connectivity index (χ4n) is 3.98. The number of hydrogen-bond acceptors (Lipinski definition) is 6. The van der Waals surface area contributed by atoms with E-state index in [0.717, 1.165) is 23.5 Å². The largest absolute Gasteiger partial charge is 0.388 e. The molecule has 0 radical (unpaired) electrons. The predicted octanol–water partition coefficient (Wildman–Crippen LogP) is 3.25. The van der Waals surface area contributed by atoms with Gasteiger partial charge in [-0.2, -0.15) is 0 Å². The van der Waals surface area contributed by atoms with Crippen LogP contribution in [0.2, 0.25) is 0 Å². The molecule has 0 spiro atoms. The number of likely N-dealkylation sites (tertiary alicyclic amines) is 1. The molecule has 0 saturated carbocycles. The van der Waals surface area contributed by atoms with Crippen molar-refractivity contribution in [2.75, 3.05) is 18.4 Å². The highest BCUT2D eigenvalue weighted by molar-refractivity contribution is 7.21. The number of nitrogens with zero attached hydrogens (tertiary/aromatic N) is 2. The van der Waals surface area contributed by atoms with Crippen molar-refractivity contribution in [1.82, 2.24) is 9.47 Å². The quantitative estimate of drug-likeness (QED) is 0.414. The van der Waals surface area contributed by atoms with Crippen LogP contribution < -0.4 is 10.9 Å². The number of fused-ring (bicyclic) bond motifs is 1. The SMILES string of the molecule is O=C(c1sc2c(ccc(=O)n2-c2ccccc2)c1Nc1ccc(F)cc1F)N1C[C@H](O)[C@@H](O)C1. The molecule has 1 aliphatic heterocycles. The number of aromatic nitrogens is 1. The summed E-state index contributed by atoms with van der Waals surface area (Å²) in [5.74, 6) is -2.08. The maximum absolute atomic E-state index is 14.5. The van der Waals surface area contributed by atoms with Gasteiger partial charge in [-0.15, -0.1) is 11.3 Å². The molecule has 1 fully saturated rings. The number of hydrogen-bond donors (Lipinski definition) is 3. The van der Waals surface area contributed by atoms with Gasteiger partial charge in [0.2, 0.25) is 0 Å². The van der Waals surface area contributed by atoms with Crippen LogP contribution in [0.15, 0.2) is 65.5 Å². The van der Waals surface area contributed by atoms with E-state index in [0.29, 0.717) is 15.9 Å². The molecule has 10 heteroatoms. The number of aliphatic hydroxyl groups is 2. The van der Waals surface area contributed by atoms with E-state index in [4.69, 9.17) is 0 Å². The molecule has 4 aromatic rings. The number of thiophene rings is 1. The number of anilines is 2. The van der Waals surface area contributed by atoms with Crippen LogP contribution in [-0.4, -0.2) is 50.9 Å². The second-order valence-electron chi connectivity index (χ2n) is 7.96. The zero-order valence-electron chi connectivity index (χ0n) is 17.6. The van der Waals surface area contributed by atoms with Crippen molar-refractivity contribution in [3.63, 3.8) is 0 Å². The highest BCUT2D eigenvalue weighted by Crippen LogP contribution is 2.39. The monoisotopic (exact) mass is 483 g/mol. The van der Waals surface area contributed by atoms with Crippen molar-refractivity contribution in [2.45, 2.75) is 12.2 Å². The van der Waals surface area contributed by atoms with Gasteiger partial charge >= 0.3 is 0 Å². The maximum Gasteiger partial charge on any atom is 0.266 e. The molecule has 2 aromatic carbocycles. The van der Waals surface area contributed by atoms with Crippen LogP contribution in [-0.2, 0) is 0 Å². The number of amides is 1. The molecule has 0 unspecified atom stereocenters. The van der Waals surface area contributed by atoms with E-state index in [-0.39, 0.29) is 34.9 Å². The summed E-state index contributed by atoms with van der Waals surface area (Å²) in [7, 11) is 0. The third kappa shape index (κ3) is 3.85. The average molecular weight is 483 g/mol. The first-order chi connectivity index (χ1) is 16.3. The average Bonchev–Trinajstić information content (AvgIpc) is 3.35. The van der Waals surface area contributed by atoms with Crippen molar-refractivity contribution < 1.29 is 23.8 Å². The second-order valence-corrected chi connectivity index (χ2v) is 8.96. The zero-order valence-corrected chi connectivity index (χ0v) is 18.4. The first-order valence-corrected chi connectivity index (χ1v) is 11.3. The fourth-order valence-corrected chi connectivity index (χ4v) is 5.22. The summed E-state index contributed by atoms with van der Waals surface area (Å²) >= 11 is 1.03. The van der Waals surface area contributed by atoms with Crippen molar-refractivity contribution in [1.29, 1.82) is 0 Å². The summed E-state index contributed by atoms with van der Waals surface area (Å²) in [5, 5.41) is 23.2. The number of rotatable bonds is 4. The standard InChI is InChI=1S/C24H19F2N3O4S/c25-13-6-8-17(16(26)10-13)27-21-15-7-9-20(32)29(14-4-2-1-3-5-14)24(15)34-22(21)23(33)28-11-18(30)19(31)12-28/h1-10,18-19,27,30-31H,11-12H2/t18-,19-/m0/s1. The van der Waals surface area contributed by atoms with E-state index in [2.05, 4.69) is 5.32 Å². The highest BCUT2D eigenvalue weighted by atomic mass is 32.1. The summed E-state index contributed by atoms with van der Waals surface area (Å²) in [6, 6.07) is 14.8. The first kappa shape index (κ1) is 22.2. The minimum Gasteiger partial charge on any atom is -0.388 e. The second kappa shape index (κ2) is 8.64. The van der Waals surface area contributed by atoms with E-state index in [1.165, 1.54) is 21.6 Å². The van der Waals surface area contributed by atoms with Crippen LogP contribution in [0, 0.1) is 11.6 Å². The molecule has 0 aliphatic carbocycles. The Labute approximate surface area is 196 Å². The summed E-state index contributed by atoms with van der Waals surface area (Å²) in [6.07, 6.45) is -2.15. The van der Waals surface area contributed by atoms with Gasteiger partial charge in [-0.1, -0.05) is 18.2 Å². The van der Waals surface area contributed by atoms with E-state index >= 15 is 0 Å². The molecule has 1 saturated heterocycles. The van der Waals surface area contributed by atoms with Crippen molar-refractivity contribution in [2.24, 2.45) is 0 Å². The molecule has 2 aromatic heterocycles. The molecule has 1 aliphatic rings. The van der Waals surface area contributed by atoms with E-state index < -0.39 is 29.7 Å². The van der Waals surface area contributed by atoms with Gasteiger partial charge in [0, 0.05) is 30.6 Å². The third-order valence-electron chi connectivity index (χ3n) is 5.69. The van der Waals surface area contributed by atoms with Crippen molar-refractivity contribution in [3.8, 4) is 5.69 Å². The van der Waals surface area contributed by atoms with Crippen LogP contribution in [0.3, 0.4) is 0 Å². The van der Waals surface area contributed by atoms with Gasteiger partial charge in [-0.05, 0) is 30.3 Å². The lowest BCUT2D eigenvalue weighted by Crippen LogP contribution is -2.29. The molecular formula is C24H19F2N3O4S. The van der Waals surface area contributed by atoms with E-state index in [9.17, 15) is 28.6 Å². The Morgan fingerprint density at radius 1 is 1.00 bits per heavy atom. The number of nitrogens with one attached hydrogen (secondary N) is 1. The molecule has 2 atom stereocenters. The zero-order chi connectivity index (χ0) is 24.0. The predicted molar refractivity (Wildman–Crippen MR) is 125 cm³/mol. The van der Waals surface area contributed by atoms with Crippen molar-refractivity contribution in [3.05, 3.63) is 87.5 Å². The molecule has 5 rings (SSSR count). The van der Waals surface area contributed by atoms with Crippen LogP contribution in [0.1, 0.15) is 9.67 Å². The summed E-state index contributed by atoms with van der Waals surface area (Å²) < 4.78 is 29.4. The van der Waals surface area contributed by atoms with Gasteiger partial charge in [-0.3, -0.25) is 14.2 Å². The number of carbonyl (C=O) groups is 1. The van der Waals surface area contributed by atoms with Crippen LogP contribution in [0.4, 0.5) is 20.2 Å². The Bertz CT molecular complexity index is 1440. The molecule has 34 heavy (non-hydrogen) atoms. The molecule has 174 valence electrons. The van der Waals surface area contributed by atoms with Gasteiger partial charge in [0.15, 0.2) is 0 Å². The smallest absolute Gasteiger partial charge is 0.266 e. The van der Waals surface area contributed by atoms with Gasteiger partial charge in [0.25, 0.3) is 11.5 Å². The topological polar surface area (TPSA) is 94.8 Å². The number of pyridine rings is 1. The van der Waals surface area contributed by atoms with Gasteiger partial charge < -0.3 is 20.4 Å². The van der Waals surface area contributed by atoms with Gasteiger partial charge in [0.1, 0.15) is 21.3 Å². The molecule has 0 bridgehead atoms. The van der Waals surface area contributed by atoms with E-state index in [1.807, 2.05) is 6.07 Å². The van der Waals surface area contributed by atoms with Crippen LogP contribution in [0.5, 0.6) is 0 Å². The Morgan fingerprint density at radius 2 is 1.71 bits per heavy atom. The molecule has 1 amide bonds. The first-order valence-electron chi connectivity index (χ1n) is 10.4. The number of aliphatic hydroxyl groups excluding tert-OH is 2. The summed E-state index contributed by atoms with van der Waals surface area (Å²) in [4.78, 5) is 28.1. The number of benzene rings is 2. The van der Waals surface area contributed by atoms with Crippen molar-refractivity contribution >= 4 is 38.8 Å². The van der Waals surface area contributed by atoms with E-state index in [1.54, 1.807) is 30.3 Å². The lowest BCUT2D eigenvalue weighted by Gasteiger charge is -2.16. The Balaban J connectivity index is 1.71. The van der Waals surface area contributed by atoms with Gasteiger partial charge in [0.05, 0.1) is 29.3 Å². The molecule has 3 N–H and O–H groups in total. The Hall–Kier alpha value is -3.60. The van der Waals surface area contributed by atoms with Crippen LogP contribution >= 0.6 is 11.3 Å². The number of carbonyl (C=O) groups excluding carboxylic acids is 1. The molecule has 7 nitrogen and oxygen atoms in total. The third-order valence-corrected chi connectivity index (χ3v) is 6.87. The minimum absolute atomic E-state index is 0.0471.